The van der Waals surface area contributed by atoms with Crippen molar-refractivity contribution in [3.63, 3.8) is 0 Å². The van der Waals surface area contributed by atoms with Crippen LogP contribution in [0.5, 0.6) is 0 Å². The number of carboxylic acid groups (broad SMARTS) is 1. The summed E-state index contributed by atoms with van der Waals surface area (Å²) in [5.41, 5.74) is 0.0318. The summed E-state index contributed by atoms with van der Waals surface area (Å²) in [5, 5.41) is 13.1. The molecule has 6 nitrogen and oxygen atoms in total. The molecule has 0 spiro atoms. The highest BCUT2D eigenvalue weighted by molar-refractivity contribution is 7.14. The first-order valence-electron chi connectivity index (χ1n) is 11.6. The second kappa shape index (κ2) is 12.6. The maximum atomic E-state index is 15.2. The van der Waals surface area contributed by atoms with Gasteiger partial charge in [0.1, 0.15) is 17.5 Å². The number of carbonyl (C=O) groups excluding carboxylic acids is 1. The van der Waals surface area contributed by atoms with Gasteiger partial charge in [-0.15, -0.1) is 11.3 Å². The number of nitrogens with zero attached hydrogens (tertiary/aromatic N) is 1. The van der Waals surface area contributed by atoms with Gasteiger partial charge in [0.25, 0.3) is 5.91 Å². The molecule has 3 rings (SSSR count). The van der Waals surface area contributed by atoms with Crippen molar-refractivity contribution in [2.75, 3.05) is 12.4 Å². The van der Waals surface area contributed by atoms with Gasteiger partial charge in [0.2, 0.25) is 0 Å². The fourth-order valence-corrected chi connectivity index (χ4v) is 4.44. The molecule has 10 heteroatoms. The lowest BCUT2D eigenvalue weighted by molar-refractivity contribution is -0.132. The number of benzene rings is 2. The second-order valence-electron chi connectivity index (χ2n) is 8.41. The zero-order valence-electron chi connectivity index (χ0n) is 20.6. The van der Waals surface area contributed by atoms with Crippen molar-refractivity contribution >= 4 is 34.4 Å². The third-order valence-electron chi connectivity index (χ3n) is 5.88. The number of aliphatic carboxylic acids is 1. The number of aryl methyl sites for hydroxylation is 1. The summed E-state index contributed by atoms with van der Waals surface area (Å²) in [6, 6.07) is 6.68. The van der Waals surface area contributed by atoms with Gasteiger partial charge >= 0.3 is 5.97 Å². The van der Waals surface area contributed by atoms with Crippen LogP contribution in [0.2, 0.25) is 0 Å². The third-order valence-corrected chi connectivity index (χ3v) is 6.64. The van der Waals surface area contributed by atoms with E-state index in [0.717, 1.165) is 48.8 Å². The molecule has 0 fully saturated rings. The molecule has 0 saturated heterocycles. The van der Waals surface area contributed by atoms with Gasteiger partial charge in [-0.1, -0.05) is 19.1 Å². The van der Waals surface area contributed by atoms with Crippen molar-refractivity contribution < 1.29 is 32.6 Å². The summed E-state index contributed by atoms with van der Waals surface area (Å²) in [6.45, 7) is 3.24. The summed E-state index contributed by atoms with van der Waals surface area (Å²) >= 11 is 1.04. The van der Waals surface area contributed by atoms with E-state index in [9.17, 15) is 18.4 Å². The monoisotopic (exact) mass is 532 g/mol. The Bertz CT molecular complexity index is 1300. The van der Waals surface area contributed by atoms with Crippen LogP contribution >= 0.6 is 11.3 Å². The van der Waals surface area contributed by atoms with Crippen LogP contribution in [0.4, 0.5) is 18.3 Å². The zero-order valence-corrected chi connectivity index (χ0v) is 21.4. The Morgan fingerprint density at radius 2 is 1.92 bits per heavy atom. The van der Waals surface area contributed by atoms with Gasteiger partial charge in [0, 0.05) is 34.8 Å². The summed E-state index contributed by atoms with van der Waals surface area (Å²) in [6.07, 6.45) is 4.01. The molecule has 0 bridgehead atoms. The zero-order chi connectivity index (χ0) is 27.1. The van der Waals surface area contributed by atoms with Crippen LogP contribution in [0, 0.1) is 17.5 Å². The lowest BCUT2D eigenvalue weighted by Crippen LogP contribution is -2.13. The van der Waals surface area contributed by atoms with E-state index in [1.165, 1.54) is 6.92 Å². The Labute approximate surface area is 216 Å². The highest BCUT2D eigenvalue weighted by atomic mass is 32.1. The van der Waals surface area contributed by atoms with Crippen molar-refractivity contribution in [2.45, 2.75) is 45.6 Å². The first-order valence-corrected chi connectivity index (χ1v) is 12.5. The van der Waals surface area contributed by atoms with E-state index < -0.39 is 29.1 Å². The fraction of sp³-hybridized carbons (Fsp3) is 0.296. The number of methoxy groups -OCH3 is 1. The molecule has 0 saturated carbocycles. The molecule has 0 aliphatic carbocycles. The fourth-order valence-electron chi connectivity index (χ4n) is 3.74. The maximum Gasteiger partial charge on any atom is 0.331 e. The number of rotatable bonds is 11. The summed E-state index contributed by atoms with van der Waals surface area (Å²) in [4.78, 5) is 27.8. The first-order chi connectivity index (χ1) is 17.6. The Hall–Kier alpha value is -3.50. The Morgan fingerprint density at radius 1 is 1.22 bits per heavy atom. The third kappa shape index (κ3) is 7.05. The van der Waals surface area contributed by atoms with E-state index in [-0.39, 0.29) is 33.8 Å². The average Bonchev–Trinajstić information content (AvgIpc) is 3.32. The molecule has 1 unspecified atom stereocenters. The molecule has 1 aromatic heterocycles. The molecule has 2 aromatic carbocycles. The Kier molecular flexibility index (Phi) is 9.60. The predicted molar refractivity (Wildman–Crippen MR) is 137 cm³/mol. The molecular formula is C27H27F3N2O4S. The highest BCUT2D eigenvalue weighted by Crippen LogP contribution is 2.30. The number of carbonyl (C=O) groups is 2. The molecular weight excluding hydrogens is 505 g/mol. The number of anilines is 1. The van der Waals surface area contributed by atoms with E-state index >= 15 is 4.39 Å². The minimum Gasteiger partial charge on any atom is -0.478 e. The van der Waals surface area contributed by atoms with Crippen LogP contribution in [-0.4, -0.2) is 35.2 Å². The van der Waals surface area contributed by atoms with Crippen LogP contribution in [0.1, 0.15) is 54.6 Å². The normalized spacial score (nSPS) is 12.4. The highest BCUT2D eigenvalue weighted by Gasteiger charge is 2.18. The van der Waals surface area contributed by atoms with Crippen LogP contribution in [0.15, 0.2) is 41.3 Å². The number of carboxylic acids is 1. The number of nitrogens with one attached hydrogen (secondary N) is 1. The van der Waals surface area contributed by atoms with Crippen molar-refractivity contribution in [3.05, 3.63) is 75.4 Å². The van der Waals surface area contributed by atoms with Crippen molar-refractivity contribution in [3.8, 4) is 11.3 Å². The first kappa shape index (κ1) is 28.1. The molecule has 0 aliphatic rings. The number of thiazole rings is 1. The largest absolute Gasteiger partial charge is 0.478 e. The molecule has 2 N–H and O–H groups in total. The van der Waals surface area contributed by atoms with Crippen LogP contribution in [0.25, 0.3) is 17.3 Å². The number of hydrogen-bond donors (Lipinski definition) is 2. The van der Waals surface area contributed by atoms with Gasteiger partial charge in [-0.3, -0.25) is 10.1 Å². The quantitative estimate of drug-likeness (QED) is 0.268. The van der Waals surface area contributed by atoms with Crippen LogP contribution in [-0.2, 0) is 16.0 Å². The SMILES string of the molecule is CCC(CCCc1cccc(-c2csc(NC(=O)c3cc(F)c(/C=C(\C)C(=O)O)c(F)c3)n2)c1F)OC. The van der Waals surface area contributed by atoms with E-state index in [0.29, 0.717) is 17.7 Å². The molecule has 1 amide bonds. The molecule has 196 valence electrons. The van der Waals surface area contributed by atoms with E-state index in [2.05, 4.69) is 10.3 Å². The smallest absolute Gasteiger partial charge is 0.331 e. The van der Waals surface area contributed by atoms with Gasteiger partial charge in [-0.25, -0.2) is 22.9 Å². The molecule has 1 atom stereocenters. The van der Waals surface area contributed by atoms with Crippen molar-refractivity contribution in [1.29, 1.82) is 0 Å². The van der Waals surface area contributed by atoms with Crippen molar-refractivity contribution in [1.82, 2.24) is 4.98 Å². The summed E-state index contributed by atoms with van der Waals surface area (Å²) in [5.74, 6) is -4.69. The second-order valence-corrected chi connectivity index (χ2v) is 9.27. The van der Waals surface area contributed by atoms with Gasteiger partial charge < -0.3 is 9.84 Å². The van der Waals surface area contributed by atoms with Gasteiger partial charge in [-0.2, -0.15) is 0 Å². The predicted octanol–water partition coefficient (Wildman–Crippen LogP) is 6.72. The minimum absolute atomic E-state index is 0.127. The Morgan fingerprint density at radius 3 is 2.54 bits per heavy atom. The van der Waals surface area contributed by atoms with E-state index in [1.807, 2.05) is 6.92 Å². The number of amides is 1. The maximum absolute atomic E-state index is 15.2. The number of hydrogen-bond acceptors (Lipinski definition) is 5. The molecule has 37 heavy (non-hydrogen) atoms. The van der Waals surface area contributed by atoms with Gasteiger partial charge in [0.05, 0.1) is 11.8 Å². The average molecular weight is 533 g/mol. The Balaban J connectivity index is 1.74. The lowest BCUT2D eigenvalue weighted by atomic mass is 10.0. The number of aromatic nitrogens is 1. The van der Waals surface area contributed by atoms with Gasteiger partial charge in [0.15, 0.2) is 5.13 Å². The molecule has 3 aromatic rings. The van der Waals surface area contributed by atoms with Gasteiger partial charge in [-0.05, 0) is 62.4 Å². The minimum atomic E-state index is -1.32. The summed E-state index contributed by atoms with van der Waals surface area (Å²) < 4.78 is 49.3. The lowest BCUT2D eigenvalue weighted by Gasteiger charge is -2.13. The standard InChI is InChI=1S/C27H27F3N2O4S/c1-4-18(36-3)9-5-7-16-8-6-10-19(24(16)30)23-14-37-27(31-23)32-25(33)17-12-21(28)20(22(29)13-17)11-15(2)26(34)35/h6,8,10-14,18H,4-5,7,9H2,1-3H3,(H,34,35)(H,31,32,33)/b15-11+. The van der Waals surface area contributed by atoms with E-state index in [1.54, 1.807) is 30.7 Å². The molecule has 1 heterocycles. The topological polar surface area (TPSA) is 88.5 Å². The number of halogens is 3. The number of ether oxygens (including phenoxy) is 1. The van der Waals surface area contributed by atoms with Crippen LogP contribution < -0.4 is 5.32 Å². The summed E-state index contributed by atoms with van der Waals surface area (Å²) in [7, 11) is 1.66. The molecule has 0 aliphatic heterocycles. The van der Waals surface area contributed by atoms with Crippen molar-refractivity contribution in [2.24, 2.45) is 0 Å². The van der Waals surface area contributed by atoms with E-state index in [4.69, 9.17) is 9.84 Å². The van der Waals surface area contributed by atoms with Crippen LogP contribution in [0.3, 0.4) is 0 Å². The molecule has 0 radical (unpaired) electrons.